The van der Waals surface area contributed by atoms with Crippen LogP contribution >= 0.6 is 11.6 Å². The number of rotatable bonds is 4. The third-order valence-electron chi connectivity index (χ3n) is 4.54. The molecule has 2 aromatic carbocycles. The van der Waals surface area contributed by atoms with E-state index in [-0.39, 0.29) is 5.91 Å². The molecule has 2 heterocycles. The molecule has 1 aliphatic heterocycles. The second kappa shape index (κ2) is 7.30. The number of halogens is 1. The first-order chi connectivity index (χ1) is 12.7. The van der Waals surface area contributed by atoms with Gasteiger partial charge in [0, 0.05) is 25.1 Å². The Balaban J connectivity index is 1.44. The summed E-state index contributed by atoms with van der Waals surface area (Å²) in [5.74, 6) is 0.898. The van der Waals surface area contributed by atoms with E-state index in [9.17, 15) is 4.79 Å². The highest BCUT2D eigenvalue weighted by Gasteiger charge is 2.22. The summed E-state index contributed by atoms with van der Waals surface area (Å²) >= 11 is 6.16. The highest BCUT2D eigenvalue weighted by Crippen LogP contribution is 2.28. The van der Waals surface area contributed by atoms with Crippen molar-refractivity contribution in [3.05, 3.63) is 65.0 Å². The fourth-order valence-electron chi connectivity index (χ4n) is 3.24. The molecule has 5 nitrogen and oxygen atoms in total. The van der Waals surface area contributed by atoms with Gasteiger partial charge >= 0.3 is 0 Å². The zero-order valence-electron chi connectivity index (χ0n) is 14.2. The number of carbonyl (C=O) groups excluding carboxylic acids is 1. The van der Waals surface area contributed by atoms with Crippen LogP contribution in [0.2, 0.25) is 5.02 Å². The van der Waals surface area contributed by atoms with Crippen LogP contribution in [0.5, 0.6) is 0 Å². The number of hydrogen-bond donors (Lipinski definition) is 0. The number of nitrogens with zero attached hydrogens (tertiary/aromatic N) is 3. The van der Waals surface area contributed by atoms with Crippen LogP contribution in [0.15, 0.2) is 52.9 Å². The SMILES string of the molecule is O=C(CCc1nnc(-c2ccccc2Cl)o1)N1CCCc2ccccc21. The monoisotopic (exact) mass is 367 g/mol. The van der Waals surface area contributed by atoms with Gasteiger partial charge in [0.2, 0.25) is 17.7 Å². The van der Waals surface area contributed by atoms with Crippen molar-refractivity contribution >= 4 is 23.2 Å². The molecule has 0 N–H and O–H groups in total. The van der Waals surface area contributed by atoms with Crippen molar-refractivity contribution in [3.63, 3.8) is 0 Å². The summed E-state index contributed by atoms with van der Waals surface area (Å²) in [7, 11) is 0. The second-order valence-electron chi connectivity index (χ2n) is 6.26. The van der Waals surface area contributed by atoms with E-state index in [1.807, 2.05) is 41.3 Å². The van der Waals surface area contributed by atoms with E-state index in [1.54, 1.807) is 6.07 Å². The van der Waals surface area contributed by atoms with Crippen LogP contribution < -0.4 is 4.90 Å². The number of benzene rings is 2. The van der Waals surface area contributed by atoms with Crippen molar-refractivity contribution in [1.82, 2.24) is 10.2 Å². The predicted molar refractivity (Wildman–Crippen MR) is 100 cm³/mol. The highest BCUT2D eigenvalue weighted by molar-refractivity contribution is 6.33. The lowest BCUT2D eigenvalue weighted by Gasteiger charge is -2.29. The van der Waals surface area contributed by atoms with Crippen molar-refractivity contribution in [1.29, 1.82) is 0 Å². The van der Waals surface area contributed by atoms with Crippen LogP contribution in [0.3, 0.4) is 0 Å². The summed E-state index contributed by atoms with van der Waals surface area (Å²) in [5.41, 5.74) is 2.95. The maximum Gasteiger partial charge on any atom is 0.249 e. The van der Waals surface area contributed by atoms with Gasteiger partial charge in [-0.15, -0.1) is 10.2 Å². The highest BCUT2D eigenvalue weighted by atomic mass is 35.5. The number of carbonyl (C=O) groups is 1. The Labute approximate surface area is 156 Å². The van der Waals surface area contributed by atoms with E-state index in [1.165, 1.54) is 5.56 Å². The normalized spacial score (nSPS) is 13.5. The molecule has 26 heavy (non-hydrogen) atoms. The average molecular weight is 368 g/mol. The van der Waals surface area contributed by atoms with Gasteiger partial charge in [0.15, 0.2) is 0 Å². The number of anilines is 1. The third-order valence-corrected chi connectivity index (χ3v) is 4.86. The minimum Gasteiger partial charge on any atom is -0.421 e. The quantitative estimate of drug-likeness (QED) is 0.689. The number of amides is 1. The Morgan fingerprint density at radius 2 is 1.92 bits per heavy atom. The zero-order chi connectivity index (χ0) is 17.9. The number of aryl methyl sites for hydroxylation is 2. The van der Waals surface area contributed by atoms with Crippen LogP contribution in [0.25, 0.3) is 11.5 Å². The van der Waals surface area contributed by atoms with Gasteiger partial charge in [-0.25, -0.2) is 0 Å². The first kappa shape index (κ1) is 16.8. The van der Waals surface area contributed by atoms with Gasteiger partial charge in [0.1, 0.15) is 0 Å². The zero-order valence-corrected chi connectivity index (χ0v) is 14.9. The summed E-state index contributed by atoms with van der Waals surface area (Å²) in [6.45, 7) is 0.755. The largest absolute Gasteiger partial charge is 0.421 e. The maximum atomic E-state index is 12.7. The molecule has 1 amide bonds. The summed E-state index contributed by atoms with van der Waals surface area (Å²) in [5, 5.41) is 8.66. The molecule has 0 saturated heterocycles. The molecule has 0 unspecified atom stereocenters. The molecule has 0 atom stereocenters. The first-order valence-electron chi connectivity index (χ1n) is 8.68. The van der Waals surface area contributed by atoms with Gasteiger partial charge in [-0.05, 0) is 36.6 Å². The molecule has 0 aliphatic carbocycles. The molecule has 1 aliphatic rings. The maximum absolute atomic E-state index is 12.7. The molecule has 0 spiro atoms. The summed E-state index contributed by atoms with van der Waals surface area (Å²) in [4.78, 5) is 14.5. The molecule has 0 saturated carbocycles. The van der Waals surface area contributed by atoms with E-state index < -0.39 is 0 Å². The third kappa shape index (κ3) is 3.35. The van der Waals surface area contributed by atoms with Crippen LogP contribution in [0.1, 0.15) is 24.3 Å². The molecule has 0 bridgehead atoms. The summed E-state index contributed by atoms with van der Waals surface area (Å²) in [6.07, 6.45) is 2.75. The van der Waals surface area contributed by atoms with E-state index in [2.05, 4.69) is 16.3 Å². The molecular formula is C20H18ClN3O2. The van der Waals surface area contributed by atoms with E-state index in [0.29, 0.717) is 35.2 Å². The van der Waals surface area contributed by atoms with Crippen molar-refractivity contribution in [3.8, 4) is 11.5 Å². The molecule has 132 valence electrons. The average Bonchev–Trinajstić information content (AvgIpc) is 3.15. The number of fused-ring (bicyclic) bond motifs is 1. The van der Waals surface area contributed by atoms with Gasteiger partial charge < -0.3 is 9.32 Å². The van der Waals surface area contributed by atoms with Gasteiger partial charge in [-0.3, -0.25) is 4.79 Å². The van der Waals surface area contributed by atoms with E-state index >= 15 is 0 Å². The van der Waals surface area contributed by atoms with Crippen molar-refractivity contribution in [2.24, 2.45) is 0 Å². The number of para-hydroxylation sites is 1. The Morgan fingerprint density at radius 3 is 2.81 bits per heavy atom. The molecule has 4 rings (SSSR count). The van der Waals surface area contributed by atoms with E-state index in [0.717, 1.165) is 25.1 Å². The van der Waals surface area contributed by atoms with Gasteiger partial charge in [0.05, 0.1) is 10.6 Å². The number of hydrogen-bond acceptors (Lipinski definition) is 4. The Morgan fingerprint density at radius 1 is 1.12 bits per heavy atom. The number of aromatic nitrogens is 2. The lowest BCUT2D eigenvalue weighted by Crippen LogP contribution is -2.35. The van der Waals surface area contributed by atoms with Gasteiger partial charge in [-0.1, -0.05) is 41.9 Å². The minimum atomic E-state index is 0.0784. The Hall–Kier alpha value is -2.66. The molecule has 1 aromatic heterocycles. The molecular weight excluding hydrogens is 350 g/mol. The van der Waals surface area contributed by atoms with Crippen LogP contribution in [-0.2, 0) is 17.6 Å². The second-order valence-corrected chi connectivity index (χ2v) is 6.67. The molecule has 6 heteroatoms. The standard InChI is InChI=1S/C20H18ClN3O2/c21-16-9-3-2-8-15(16)20-23-22-18(26-20)11-12-19(25)24-13-5-7-14-6-1-4-10-17(14)24/h1-4,6,8-10H,5,7,11-13H2. The first-order valence-corrected chi connectivity index (χ1v) is 9.06. The Kier molecular flexibility index (Phi) is 4.71. The van der Waals surface area contributed by atoms with Crippen molar-refractivity contribution in [2.45, 2.75) is 25.7 Å². The fourth-order valence-corrected chi connectivity index (χ4v) is 3.46. The summed E-state index contributed by atoms with van der Waals surface area (Å²) < 4.78 is 5.68. The minimum absolute atomic E-state index is 0.0784. The van der Waals surface area contributed by atoms with E-state index in [4.69, 9.17) is 16.0 Å². The van der Waals surface area contributed by atoms with Crippen LogP contribution in [-0.4, -0.2) is 22.6 Å². The molecule has 3 aromatic rings. The topological polar surface area (TPSA) is 59.2 Å². The summed E-state index contributed by atoms with van der Waals surface area (Å²) in [6, 6.07) is 15.4. The van der Waals surface area contributed by atoms with Crippen molar-refractivity contribution in [2.75, 3.05) is 11.4 Å². The fraction of sp³-hybridized carbons (Fsp3) is 0.250. The lowest BCUT2D eigenvalue weighted by molar-refractivity contribution is -0.118. The molecule has 0 radical (unpaired) electrons. The van der Waals surface area contributed by atoms with Crippen LogP contribution in [0, 0.1) is 0 Å². The van der Waals surface area contributed by atoms with Crippen LogP contribution in [0.4, 0.5) is 5.69 Å². The van der Waals surface area contributed by atoms with Gasteiger partial charge in [0.25, 0.3) is 0 Å². The van der Waals surface area contributed by atoms with Crippen molar-refractivity contribution < 1.29 is 9.21 Å². The van der Waals surface area contributed by atoms with Gasteiger partial charge in [-0.2, -0.15) is 0 Å². The lowest BCUT2D eigenvalue weighted by atomic mass is 10.0. The Bertz CT molecular complexity index is 938. The predicted octanol–water partition coefficient (Wildman–Crippen LogP) is 4.30. The molecule has 0 fully saturated rings. The smallest absolute Gasteiger partial charge is 0.249 e.